The molecule has 2 amide bonds. The summed E-state index contributed by atoms with van der Waals surface area (Å²) < 4.78 is 0. The van der Waals surface area contributed by atoms with Crippen LogP contribution in [0.5, 0.6) is 0 Å². The Kier molecular flexibility index (Phi) is 32.2. The molecule has 4 nitrogen and oxygen atoms in total. The largest absolute Gasteiger partial charge is 0.352 e. The first-order valence-electron chi connectivity index (χ1n) is 21.3. The second-order valence-corrected chi connectivity index (χ2v) is 14.8. The lowest BCUT2D eigenvalue weighted by Crippen LogP contribution is -2.23. The van der Waals surface area contributed by atoms with Crippen LogP contribution in [-0.4, -0.2) is 11.8 Å². The van der Waals surface area contributed by atoms with Crippen molar-refractivity contribution in [3.8, 4) is 0 Å². The molecule has 0 heterocycles. The zero-order valence-corrected chi connectivity index (χ0v) is 32.2. The van der Waals surface area contributed by atoms with E-state index in [-0.39, 0.29) is 11.8 Å². The van der Waals surface area contributed by atoms with Crippen molar-refractivity contribution in [2.24, 2.45) is 0 Å². The summed E-state index contributed by atoms with van der Waals surface area (Å²) in [5.41, 5.74) is 2.21. The highest BCUT2D eigenvalue weighted by atomic mass is 16.2. The Hall–Kier alpha value is -1.84. The van der Waals surface area contributed by atoms with Gasteiger partial charge in [-0.2, -0.15) is 0 Å². The van der Waals surface area contributed by atoms with E-state index in [1.165, 1.54) is 167 Å². The van der Waals surface area contributed by atoms with E-state index >= 15 is 0 Å². The van der Waals surface area contributed by atoms with Crippen LogP contribution in [0.15, 0.2) is 24.3 Å². The SMILES string of the molecule is CCCCCCCCCCCCCCCCCC(=O)NCc1ccc(CNC(=O)CCCCCCCCCCCCCCCCC)cc1. The number of carbonyl (C=O) groups excluding carboxylic acids is 2. The van der Waals surface area contributed by atoms with E-state index in [0.717, 1.165) is 36.8 Å². The Bertz CT molecular complexity index is 768. The van der Waals surface area contributed by atoms with E-state index in [2.05, 4.69) is 48.7 Å². The summed E-state index contributed by atoms with van der Waals surface area (Å²) in [6, 6.07) is 8.24. The van der Waals surface area contributed by atoms with E-state index < -0.39 is 0 Å². The molecule has 0 aromatic heterocycles. The summed E-state index contributed by atoms with van der Waals surface area (Å²) in [5.74, 6) is 0.305. The number of hydrogen-bond acceptors (Lipinski definition) is 2. The smallest absolute Gasteiger partial charge is 0.220 e. The number of benzene rings is 1. The van der Waals surface area contributed by atoms with Crippen molar-refractivity contribution in [3.63, 3.8) is 0 Å². The standard InChI is InChI=1S/C44H80N2O2/c1-3-5-7-9-11-13-15-17-19-21-23-25-27-29-31-33-43(47)45-39-41-35-37-42(38-36-41)40-46-44(48)34-32-30-28-26-24-22-20-18-16-14-12-10-8-6-4-2/h35-38H,3-34,39-40H2,1-2H3,(H,45,47)(H,46,48). The highest BCUT2D eigenvalue weighted by Crippen LogP contribution is 2.15. The van der Waals surface area contributed by atoms with Crippen molar-refractivity contribution in [1.82, 2.24) is 10.6 Å². The van der Waals surface area contributed by atoms with E-state index in [9.17, 15) is 9.59 Å². The molecule has 0 saturated carbocycles. The topological polar surface area (TPSA) is 58.2 Å². The minimum atomic E-state index is 0.153. The van der Waals surface area contributed by atoms with Crippen molar-refractivity contribution in [2.45, 2.75) is 232 Å². The summed E-state index contributed by atoms with van der Waals surface area (Å²) in [5, 5.41) is 6.14. The molecule has 0 spiro atoms. The fraction of sp³-hybridized carbons (Fsp3) is 0.818. The van der Waals surface area contributed by atoms with Crippen LogP contribution >= 0.6 is 0 Å². The maximum atomic E-state index is 12.3. The molecular formula is C44H80N2O2. The molecule has 1 aromatic carbocycles. The Morgan fingerprint density at radius 1 is 0.354 bits per heavy atom. The van der Waals surface area contributed by atoms with Gasteiger partial charge in [0.05, 0.1) is 0 Å². The van der Waals surface area contributed by atoms with Crippen molar-refractivity contribution in [1.29, 1.82) is 0 Å². The van der Waals surface area contributed by atoms with Crippen molar-refractivity contribution in [3.05, 3.63) is 35.4 Å². The molecule has 0 aliphatic rings. The molecule has 278 valence electrons. The second kappa shape index (κ2) is 35.0. The van der Waals surface area contributed by atoms with Gasteiger partial charge in [0, 0.05) is 25.9 Å². The maximum Gasteiger partial charge on any atom is 0.220 e. The summed E-state index contributed by atoms with van der Waals surface area (Å²) in [6.07, 6.45) is 41.5. The zero-order chi connectivity index (χ0) is 34.6. The lowest BCUT2D eigenvalue weighted by molar-refractivity contribution is -0.122. The Labute approximate surface area is 299 Å². The quantitative estimate of drug-likeness (QED) is 0.0699. The third-order valence-electron chi connectivity index (χ3n) is 10.0. The van der Waals surface area contributed by atoms with E-state index in [1.807, 2.05) is 0 Å². The lowest BCUT2D eigenvalue weighted by atomic mass is 10.0. The predicted octanol–water partition coefficient (Wildman–Crippen LogP) is 13.4. The van der Waals surface area contributed by atoms with Gasteiger partial charge in [-0.25, -0.2) is 0 Å². The number of amides is 2. The normalized spacial score (nSPS) is 11.2. The molecule has 2 N–H and O–H groups in total. The van der Waals surface area contributed by atoms with Gasteiger partial charge in [0.15, 0.2) is 0 Å². The molecule has 0 radical (unpaired) electrons. The lowest BCUT2D eigenvalue weighted by Gasteiger charge is -2.08. The van der Waals surface area contributed by atoms with Crippen LogP contribution in [-0.2, 0) is 22.7 Å². The minimum absolute atomic E-state index is 0.153. The third kappa shape index (κ3) is 30.2. The van der Waals surface area contributed by atoms with E-state index in [1.54, 1.807) is 0 Å². The molecule has 0 aliphatic carbocycles. The monoisotopic (exact) mass is 669 g/mol. The maximum absolute atomic E-state index is 12.3. The predicted molar refractivity (Wildman–Crippen MR) is 209 cm³/mol. The summed E-state index contributed by atoms with van der Waals surface area (Å²) in [7, 11) is 0. The Morgan fingerprint density at radius 3 is 0.792 bits per heavy atom. The summed E-state index contributed by atoms with van der Waals surface area (Å²) in [6.45, 7) is 5.71. The van der Waals surface area contributed by atoms with Crippen LogP contribution in [0.1, 0.15) is 230 Å². The number of rotatable bonds is 36. The van der Waals surface area contributed by atoms with Gasteiger partial charge in [0.25, 0.3) is 0 Å². The molecular weight excluding hydrogens is 588 g/mol. The highest BCUT2D eigenvalue weighted by Gasteiger charge is 2.04. The number of nitrogens with one attached hydrogen (secondary N) is 2. The molecule has 0 unspecified atom stereocenters. The molecule has 0 saturated heterocycles. The molecule has 0 aliphatic heterocycles. The molecule has 0 atom stereocenters. The van der Waals surface area contributed by atoms with Crippen LogP contribution in [0.3, 0.4) is 0 Å². The van der Waals surface area contributed by atoms with Gasteiger partial charge in [-0.15, -0.1) is 0 Å². The molecule has 0 fully saturated rings. The Balaban J connectivity index is 1.90. The van der Waals surface area contributed by atoms with Gasteiger partial charge in [0.2, 0.25) is 11.8 Å². The fourth-order valence-corrected chi connectivity index (χ4v) is 6.67. The van der Waals surface area contributed by atoms with Crippen molar-refractivity contribution < 1.29 is 9.59 Å². The number of hydrogen-bond donors (Lipinski definition) is 2. The number of carbonyl (C=O) groups is 2. The zero-order valence-electron chi connectivity index (χ0n) is 32.2. The van der Waals surface area contributed by atoms with Gasteiger partial charge in [-0.3, -0.25) is 9.59 Å². The fourth-order valence-electron chi connectivity index (χ4n) is 6.67. The van der Waals surface area contributed by atoms with Crippen LogP contribution in [0.25, 0.3) is 0 Å². The first kappa shape index (κ1) is 44.2. The van der Waals surface area contributed by atoms with Gasteiger partial charge in [-0.05, 0) is 24.0 Å². The van der Waals surface area contributed by atoms with Gasteiger partial charge in [-0.1, -0.05) is 218 Å². The van der Waals surface area contributed by atoms with Gasteiger partial charge >= 0.3 is 0 Å². The first-order chi connectivity index (χ1) is 23.7. The third-order valence-corrected chi connectivity index (χ3v) is 10.0. The first-order valence-corrected chi connectivity index (χ1v) is 21.3. The van der Waals surface area contributed by atoms with Crippen LogP contribution in [0.2, 0.25) is 0 Å². The van der Waals surface area contributed by atoms with E-state index in [0.29, 0.717) is 25.9 Å². The van der Waals surface area contributed by atoms with Gasteiger partial charge < -0.3 is 10.6 Å². The molecule has 4 heteroatoms. The minimum Gasteiger partial charge on any atom is -0.352 e. The van der Waals surface area contributed by atoms with Crippen LogP contribution < -0.4 is 10.6 Å². The van der Waals surface area contributed by atoms with Crippen LogP contribution in [0.4, 0.5) is 0 Å². The molecule has 1 aromatic rings. The molecule has 1 rings (SSSR count). The van der Waals surface area contributed by atoms with Gasteiger partial charge in [0.1, 0.15) is 0 Å². The highest BCUT2D eigenvalue weighted by molar-refractivity contribution is 5.76. The number of unbranched alkanes of at least 4 members (excludes halogenated alkanes) is 28. The average Bonchev–Trinajstić information content (AvgIpc) is 3.10. The van der Waals surface area contributed by atoms with Crippen LogP contribution in [0, 0.1) is 0 Å². The average molecular weight is 669 g/mol. The van der Waals surface area contributed by atoms with Crippen molar-refractivity contribution in [2.75, 3.05) is 0 Å². The van der Waals surface area contributed by atoms with E-state index in [4.69, 9.17) is 0 Å². The Morgan fingerprint density at radius 2 is 0.562 bits per heavy atom. The molecule has 48 heavy (non-hydrogen) atoms. The summed E-state index contributed by atoms with van der Waals surface area (Å²) >= 11 is 0. The molecule has 0 bridgehead atoms. The van der Waals surface area contributed by atoms with Crippen molar-refractivity contribution >= 4 is 11.8 Å². The second-order valence-electron chi connectivity index (χ2n) is 14.8. The summed E-state index contributed by atoms with van der Waals surface area (Å²) in [4.78, 5) is 24.6.